The van der Waals surface area contributed by atoms with Crippen molar-refractivity contribution >= 4 is 23.2 Å². The average molecular weight is 295 g/mol. The van der Waals surface area contributed by atoms with Gasteiger partial charge >= 0.3 is 0 Å². The molecule has 0 heterocycles. The zero-order chi connectivity index (χ0) is 13.8. The zero-order valence-corrected chi connectivity index (χ0v) is 12.5. The maximum Gasteiger partial charge on any atom is 0.119 e. The van der Waals surface area contributed by atoms with E-state index in [4.69, 9.17) is 27.9 Å². The lowest BCUT2D eigenvalue weighted by atomic mass is 10.0. The molecule has 0 saturated carbocycles. The standard InChI is InChI=1S/C16H16Cl2O/c1-11-6-7-14(15(17)8-11)16(18)10-12-4-3-5-13(9-12)19-2/h3-9,16H,10H2,1-2H3. The van der Waals surface area contributed by atoms with E-state index in [-0.39, 0.29) is 5.38 Å². The molecule has 1 atom stereocenters. The molecule has 0 aliphatic rings. The Morgan fingerprint density at radius 1 is 1.16 bits per heavy atom. The third-order valence-corrected chi connectivity index (χ3v) is 3.76. The number of methoxy groups -OCH3 is 1. The van der Waals surface area contributed by atoms with Gasteiger partial charge in [0, 0.05) is 5.02 Å². The number of hydrogen-bond donors (Lipinski definition) is 0. The first-order chi connectivity index (χ1) is 9.10. The summed E-state index contributed by atoms with van der Waals surface area (Å²) in [4.78, 5) is 0. The molecule has 2 aromatic carbocycles. The normalized spacial score (nSPS) is 12.2. The Morgan fingerprint density at radius 3 is 2.63 bits per heavy atom. The fourth-order valence-corrected chi connectivity index (χ4v) is 2.79. The minimum atomic E-state index is -0.139. The van der Waals surface area contributed by atoms with E-state index in [1.165, 1.54) is 0 Å². The van der Waals surface area contributed by atoms with Gasteiger partial charge in [0.2, 0.25) is 0 Å². The SMILES string of the molecule is COc1cccc(CC(Cl)c2ccc(C)cc2Cl)c1. The number of aryl methyl sites for hydroxylation is 1. The van der Waals surface area contributed by atoms with Crippen molar-refractivity contribution in [2.45, 2.75) is 18.7 Å². The number of hydrogen-bond acceptors (Lipinski definition) is 1. The molecule has 2 rings (SSSR count). The van der Waals surface area contributed by atoms with Gasteiger partial charge in [-0.1, -0.05) is 35.9 Å². The van der Waals surface area contributed by atoms with Crippen LogP contribution in [0.25, 0.3) is 0 Å². The van der Waals surface area contributed by atoms with Gasteiger partial charge in [-0.2, -0.15) is 0 Å². The molecule has 0 saturated heterocycles. The Kier molecular flexibility index (Phi) is 4.73. The number of halogens is 2. The molecular formula is C16H16Cl2O. The summed E-state index contributed by atoms with van der Waals surface area (Å²) >= 11 is 12.7. The van der Waals surface area contributed by atoms with Crippen LogP contribution in [0, 0.1) is 6.92 Å². The minimum Gasteiger partial charge on any atom is -0.497 e. The summed E-state index contributed by atoms with van der Waals surface area (Å²) in [6.45, 7) is 2.01. The van der Waals surface area contributed by atoms with Crippen molar-refractivity contribution in [3.05, 3.63) is 64.2 Å². The highest BCUT2D eigenvalue weighted by molar-refractivity contribution is 6.32. The summed E-state index contributed by atoms with van der Waals surface area (Å²) in [5, 5.41) is 0.586. The first-order valence-corrected chi connectivity index (χ1v) is 6.94. The van der Waals surface area contributed by atoms with Gasteiger partial charge in [0.15, 0.2) is 0 Å². The van der Waals surface area contributed by atoms with Gasteiger partial charge in [-0.25, -0.2) is 0 Å². The maximum atomic E-state index is 6.47. The Morgan fingerprint density at radius 2 is 1.95 bits per heavy atom. The van der Waals surface area contributed by atoms with Gasteiger partial charge < -0.3 is 4.74 Å². The number of benzene rings is 2. The second-order valence-corrected chi connectivity index (χ2v) is 5.48. The Hall–Kier alpha value is -1.18. The van der Waals surface area contributed by atoms with Gasteiger partial charge in [0.25, 0.3) is 0 Å². The molecule has 0 bridgehead atoms. The average Bonchev–Trinajstić information content (AvgIpc) is 2.38. The molecule has 3 heteroatoms. The van der Waals surface area contributed by atoms with Crippen molar-refractivity contribution < 1.29 is 4.74 Å². The summed E-state index contributed by atoms with van der Waals surface area (Å²) < 4.78 is 5.21. The highest BCUT2D eigenvalue weighted by atomic mass is 35.5. The van der Waals surface area contributed by atoms with E-state index in [9.17, 15) is 0 Å². The van der Waals surface area contributed by atoms with E-state index in [0.29, 0.717) is 0 Å². The zero-order valence-electron chi connectivity index (χ0n) is 11.0. The summed E-state index contributed by atoms with van der Waals surface area (Å²) in [5.74, 6) is 0.844. The number of rotatable bonds is 4. The van der Waals surface area contributed by atoms with Gasteiger partial charge in [-0.15, -0.1) is 11.6 Å². The lowest BCUT2D eigenvalue weighted by Crippen LogP contribution is -1.97. The topological polar surface area (TPSA) is 9.23 Å². The Bertz CT molecular complexity index is 566. The first kappa shape index (κ1) is 14.2. The fourth-order valence-electron chi connectivity index (χ4n) is 2.00. The molecule has 0 radical (unpaired) electrons. The highest BCUT2D eigenvalue weighted by Crippen LogP contribution is 2.31. The Balaban J connectivity index is 2.17. The second kappa shape index (κ2) is 6.31. The van der Waals surface area contributed by atoms with E-state index in [1.807, 2.05) is 49.4 Å². The van der Waals surface area contributed by atoms with Gasteiger partial charge in [-0.3, -0.25) is 0 Å². The monoisotopic (exact) mass is 294 g/mol. The van der Waals surface area contributed by atoms with Crippen LogP contribution >= 0.6 is 23.2 Å². The van der Waals surface area contributed by atoms with Gasteiger partial charge in [-0.05, 0) is 48.2 Å². The predicted octanol–water partition coefficient (Wildman–Crippen LogP) is 5.18. The largest absolute Gasteiger partial charge is 0.497 e. The maximum absolute atomic E-state index is 6.47. The molecule has 0 spiro atoms. The van der Waals surface area contributed by atoms with E-state index in [1.54, 1.807) is 7.11 Å². The quantitative estimate of drug-likeness (QED) is 0.706. The van der Waals surface area contributed by atoms with Gasteiger partial charge in [0.05, 0.1) is 12.5 Å². The summed E-state index contributed by atoms with van der Waals surface area (Å²) in [7, 11) is 1.66. The fraction of sp³-hybridized carbons (Fsp3) is 0.250. The van der Waals surface area contributed by atoms with Crippen LogP contribution in [0.5, 0.6) is 5.75 Å². The second-order valence-electron chi connectivity index (χ2n) is 4.55. The molecule has 19 heavy (non-hydrogen) atoms. The van der Waals surface area contributed by atoms with E-state index >= 15 is 0 Å². The smallest absolute Gasteiger partial charge is 0.119 e. The van der Waals surface area contributed by atoms with Crippen LogP contribution in [0.2, 0.25) is 5.02 Å². The van der Waals surface area contributed by atoms with Crippen LogP contribution in [-0.2, 0) is 6.42 Å². The minimum absolute atomic E-state index is 0.139. The molecule has 0 aliphatic heterocycles. The molecule has 100 valence electrons. The van der Waals surface area contributed by atoms with Crippen molar-refractivity contribution in [3.63, 3.8) is 0 Å². The summed E-state index contributed by atoms with van der Waals surface area (Å²) in [6.07, 6.45) is 0.724. The van der Waals surface area contributed by atoms with E-state index < -0.39 is 0 Å². The predicted molar refractivity (Wildman–Crippen MR) is 81.5 cm³/mol. The summed E-state index contributed by atoms with van der Waals surface area (Å²) in [6, 6.07) is 13.9. The van der Waals surface area contributed by atoms with Crippen LogP contribution in [0.3, 0.4) is 0 Å². The van der Waals surface area contributed by atoms with Crippen molar-refractivity contribution in [1.29, 1.82) is 0 Å². The van der Waals surface area contributed by atoms with E-state index in [0.717, 1.165) is 33.9 Å². The third-order valence-electron chi connectivity index (χ3n) is 3.04. The van der Waals surface area contributed by atoms with Crippen LogP contribution in [-0.4, -0.2) is 7.11 Å². The molecular weight excluding hydrogens is 279 g/mol. The van der Waals surface area contributed by atoms with Crippen LogP contribution in [0.1, 0.15) is 22.1 Å². The van der Waals surface area contributed by atoms with E-state index in [2.05, 4.69) is 0 Å². The number of alkyl halides is 1. The van der Waals surface area contributed by atoms with Crippen LogP contribution in [0.15, 0.2) is 42.5 Å². The first-order valence-electron chi connectivity index (χ1n) is 6.13. The van der Waals surface area contributed by atoms with Crippen LogP contribution < -0.4 is 4.74 Å². The van der Waals surface area contributed by atoms with Crippen molar-refractivity contribution in [2.24, 2.45) is 0 Å². The molecule has 2 aromatic rings. The van der Waals surface area contributed by atoms with Crippen LogP contribution in [0.4, 0.5) is 0 Å². The lowest BCUT2D eigenvalue weighted by molar-refractivity contribution is 0.414. The molecule has 0 aromatic heterocycles. The molecule has 0 N–H and O–H groups in total. The highest BCUT2D eigenvalue weighted by Gasteiger charge is 2.13. The number of ether oxygens (including phenoxy) is 1. The molecule has 0 fully saturated rings. The summed E-state index contributed by atoms with van der Waals surface area (Å²) in [5.41, 5.74) is 3.24. The lowest BCUT2D eigenvalue weighted by Gasteiger charge is -2.13. The van der Waals surface area contributed by atoms with Gasteiger partial charge in [0.1, 0.15) is 5.75 Å². The molecule has 0 aliphatic carbocycles. The molecule has 1 unspecified atom stereocenters. The Labute approximate surface area is 124 Å². The molecule has 0 amide bonds. The molecule has 1 nitrogen and oxygen atoms in total. The van der Waals surface area contributed by atoms with Crippen molar-refractivity contribution in [3.8, 4) is 5.75 Å². The third kappa shape index (κ3) is 3.65. The van der Waals surface area contributed by atoms with Crippen molar-refractivity contribution in [1.82, 2.24) is 0 Å². The van der Waals surface area contributed by atoms with Crippen molar-refractivity contribution in [2.75, 3.05) is 7.11 Å².